The van der Waals surface area contributed by atoms with Crippen LogP contribution >= 0.6 is 12.2 Å². The van der Waals surface area contributed by atoms with Crippen LogP contribution in [0, 0.1) is 0 Å². The maximum absolute atomic E-state index is 12.1. The van der Waals surface area contributed by atoms with Crippen LogP contribution in [0.5, 0.6) is 0 Å². The second-order valence-electron chi connectivity index (χ2n) is 3.68. The van der Waals surface area contributed by atoms with E-state index < -0.39 is 12.7 Å². The van der Waals surface area contributed by atoms with Gasteiger partial charge in [0.1, 0.15) is 11.5 Å². The van der Waals surface area contributed by atoms with E-state index in [1.54, 1.807) is 30.7 Å². The Morgan fingerprint density at radius 2 is 2.16 bits per heavy atom. The zero-order valence-electron chi connectivity index (χ0n) is 9.55. The molecule has 0 fully saturated rings. The van der Waals surface area contributed by atoms with Crippen LogP contribution in [-0.4, -0.2) is 32.5 Å². The molecule has 100 valence electrons. The molecule has 0 unspecified atom stereocenters. The fourth-order valence-electron chi connectivity index (χ4n) is 1.35. The van der Waals surface area contributed by atoms with Crippen molar-refractivity contribution < 1.29 is 13.2 Å². The molecule has 2 aromatic rings. The third-order valence-corrected chi connectivity index (χ3v) is 2.58. The summed E-state index contributed by atoms with van der Waals surface area (Å²) in [6.45, 7) is -1.16. The van der Waals surface area contributed by atoms with Gasteiger partial charge in [-0.05, 0) is 12.1 Å². The van der Waals surface area contributed by atoms with Crippen LogP contribution in [0.1, 0.15) is 5.56 Å². The molecule has 0 amide bonds. The average molecular weight is 286 g/mol. The molecule has 0 saturated carbocycles. The lowest BCUT2D eigenvalue weighted by Crippen LogP contribution is -2.32. The highest BCUT2D eigenvalue weighted by molar-refractivity contribution is 7.80. The first-order valence-electron chi connectivity index (χ1n) is 5.26. The first-order chi connectivity index (χ1) is 8.96. The molecule has 19 heavy (non-hydrogen) atoms. The Labute approximate surface area is 112 Å². The van der Waals surface area contributed by atoms with Crippen LogP contribution in [0.4, 0.5) is 13.2 Å². The van der Waals surface area contributed by atoms with Crippen LogP contribution in [0.25, 0.3) is 5.69 Å². The van der Waals surface area contributed by atoms with Crippen molar-refractivity contribution in [1.82, 2.24) is 20.1 Å². The smallest absolute Gasteiger partial charge is 0.367 e. The van der Waals surface area contributed by atoms with Gasteiger partial charge >= 0.3 is 6.18 Å². The number of aromatic nitrogens is 3. The molecule has 0 saturated heterocycles. The molecular weight excluding hydrogens is 277 g/mol. The minimum Gasteiger partial charge on any atom is -0.367 e. The second kappa shape index (κ2) is 5.35. The number of hydrogen-bond donors (Lipinski definition) is 1. The van der Waals surface area contributed by atoms with Crippen molar-refractivity contribution >= 4 is 17.2 Å². The topological polar surface area (TPSA) is 42.7 Å². The standard InChI is InChI=1S/C11H9F3N4S/c12-11(13,14)7-16-10(19)8-4-17-18(6-8)9-2-1-3-15-5-9/h1-6H,7H2,(H,16,19). The fraction of sp³-hybridized carbons (Fsp3) is 0.182. The van der Waals surface area contributed by atoms with Crippen molar-refractivity contribution in [2.75, 3.05) is 6.54 Å². The van der Waals surface area contributed by atoms with E-state index >= 15 is 0 Å². The van der Waals surface area contributed by atoms with E-state index in [9.17, 15) is 13.2 Å². The van der Waals surface area contributed by atoms with Crippen LogP contribution in [-0.2, 0) is 0 Å². The summed E-state index contributed by atoms with van der Waals surface area (Å²) in [7, 11) is 0. The summed E-state index contributed by atoms with van der Waals surface area (Å²) in [5.74, 6) is 0. The summed E-state index contributed by atoms with van der Waals surface area (Å²) in [6.07, 6.45) is 1.84. The van der Waals surface area contributed by atoms with Crippen molar-refractivity contribution in [2.24, 2.45) is 0 Å². The quantitative estimate of drug-likeness (QED) is 0.877. The highest BCUT2D eigenvalue weighted by Gasteiger charge is 2.27. The predicted octanol–water partition coefficient (Wildman–Crippen LogP) is 2.09. The highest BCUT2D eigenvalue weighted by atomic mass is 32.1. The SMILES string of the molecule is FC(F)(F)CNC(=S)c1cnn(-c2cccnc2)c1. The Kier molecular flexibility index (Phi) is 3.79. The Bertz CT molecular complexity index is 565. The number of nitrogens with zero attached hydrogens (tertiary/aromatic N) is 3. The van der Waals surface area contributed by atoms with Gasteiger partial charge in [0, 0.05) is 18.0 Å². The third-order valence-electron chi connectivity index (χ3n) is 2.20. The molecule has 2 rings (SSSR count). The molecule has 0 aliphatic carbocycles. The summed E-state index contributed by atoms with van der Waals surface area (Å²) in [5, 5.41) is 6.16. The first-order valence-corrected chi connectivity index (χ1v) is 5.66. The van der Waals surface area contributed by atoms with Crippen molar-refractivity contribution in [3.8, 4) is 5.69 Å². The lowest BCUT2D eigenvalue weighted by Gasteiger charge is -2.08. The molecule has 0 bridgehead atoms. The van der Waals surface area contributed by atoms with Crippen LogP contribution in [0.3, 0.4) is 0 Å². The number of thiocarbonyl (C=S) groups is 1. The van der Waals surface area contributed by atoms with Gasteiger partial charge in [-0.1, -0.05) is 12.2 Å². The van der Waals surface area contributed by atoms with Crippen LogP contribution in [0.15, 0.2) is 36.9 Å². The molecule has 0 atom stereocenters. The molecule has 2 aromatic heterocycles. The number of alkyl halides is 3. The summed E-state index contributed by atoms with van der Waals surface area (Å²) in [5.41, 5.74) is 1.12. The van der Waals surface area contributed by atoms with E-state index in [-0.39, 0.29) is 4.99 Å². The van der Waals surface area contributed by atoms with Gasteiger partial charge in [-0.3, -0.25) is 4.98 Å². The second-order valence-corrected chi connectivity index (χ2v) is 4.09. The molecule has 0 aromatic carbocycles. The maximum Gasteiger partial charge on any atom is 0.405 e. The Morgan fingerprint density at radius 1 is 1.37 bits per heavy atom. The van der Waals surface area contributed by atoms with E-state index in [1.807, 2.05) is 0 Å². The van der Waals surface area contributed by atoms with Crippen molar-refractivity contribution in [2.45, 2.75) is 6.18 Å². The highest BCUT2D eigenvalue weighted by Crippen LogP contribution is 2.13. The summed E-state index contributed by atoms with van der Waals surface area (Å²) in [4.78, 5) is 3.93. The minimum atomic E-state index is -4.30. The maximum atomic E-state index is 12.1. The van der Waals surface area contributed by atoms with Gasteiger partial charge in [-0.2, -0.15) is 18.3 Å². The molecule has 2 heterocycles. The van der Waals surface area contributed by atoms with E-state index in [4.69, 9.17) is 12.2 Å². The molecule has 0 spiro atoms. The predicted molar refractivity (Wildman–Crippen MR) is 67.1 cm³/mol. The average Bonchev–Trinajstić information content (AvgIpc) is 2.86. The lowest BCUT2D eigenvalue weighted by molar-refractivity contribution is -0.121. The van der Waals surface area contributed by atoms with Gasteiger partial charge in [-0.15, -0.1) is 0 Å². The molecule has 4 nitrogen and oxygen atoms in total. The van der Waals surface area contributed by atoms with Crippen LogP contribution < -0.4 is 5.32 Å². The van der Waals surface area contributed by atoms with E-state index in [1.165, 1.54) is 10.9 Å². The van der Waals surface area contributed by atoms with E-state index in [2.05, 4.69) is 15.4 Å². The molecule has 1 N–H and O–H groups in total. The number of nitrogens with one attached hydrogen (secondary N) is 1. The Hall–Kier alpha value is -1.96. The largest absolute Gasteiger partial charge is 0.405 e. The van der Waals surface area contributed by atoms with Crippen molar-refractivity contribution in [3.63, 3.8) is 0 Å². The third kappa shape index (κ3) is 3.75. The van der Waals surface area contributed by atoms with Gasteiger partial charge in [0.05, 0.1) is 18.1 Å². The lowest BCUT2D eigenvalue weighted by atomic mass is 10.3. The van der Waals surface area contributed by atoms with E-state index in [0.29, 0.717) is 11.3 Å². The van der Waals surface area contributed by atoms with Gasteiger partial charge in [0.2, 0.25) is 0 Å². The fourth-order valence-corrected chi connectivity index (χ4v) is 1.53. The molecule has 0 aliphatic heterocycles. The molecule has 8 heteroatoms. The number of pyridine rings is 1. The number of rotatable bonds is 3. The summed E-state index contributed by atoms with van der Waals surface area (Å²) >= 11 is 4.87. The monoisotopic (exact) mass is 286 g/mol. The van der Waals surface area contributed by atoms with Crippen molar-refractivity contribution in [3.05, 3.63) is 42.5 Å². The van der Waals surface area contributed by atoms with Gasteiger partial charge in [0.25, 0.3) is 0 Å². The Morgan fingerprint density at radius 3 is 2.79 bits per heavy atom. The normalized spacial score (nSPS) is 11.3. The van der Waals surface area contributed by atoms with E-state index in [0.717, 1.165) is 0 Å². The molecule has 0 aliphatic rings. The Balaban J connectivity index is 2.07. The zero-order chi connectivity index (χ0) is 13.9. The van der Waals surface area contributed by atoms with Crippen LogP contribution in [0.2, 0.25) is 0 Å². The summed E-state index contributed by atoms with van der Waals surface area (Å²) < 4.78 is 37.6. The first kappa shape index (κ1) is 13.5. The minimum absolute atomic E-state index is 0.00691. The molecular formula is C11H9F3N4S. The van der Waals surface area contributed by atoms with Gasteiger partial charge < -0.3 is 5.32 Å². The summed E-state index contributed by atoms with van der Waals surface area (Å²) in [6, 6.07) is 3.51. The van der Waals surface area contributed by atoms with Crippen molar-refractivity contribution in [1.29, 1.82) is 0 Å². The number of hydrogen-bond acceptors (Lipinski definition) is 3. The van der Waals surface area contributed by atoms with Gasteiger partial charge in [0.15, 0.2) is 0 Å². The number of halogens is 3. The van der Waals surface area contributed by atoms with Gasteiger partial charge in [-0.25, -0.2) is 4.68 Å². The zero-order valence-corrected chi connectivity index (χ0v) is 10.4. The molecule has 0 radical (unpaired) electrons.